The molecule has 10 heteroatoms. The molecule has 2 N–H and O–H groups in total. The third-order valence-corrected chi connectivity index (χ3v) is 5.34. The number of anilines is 1. The summed E-state index contributed by atoms with van der Waals surface area (Å²) < 4.78 is 32.9. The van der Waals surface area contributed by atoms with E-state index >= 15 is 0 Å². The molecule has 0 saturated heterocycles. The van der Waals surface area contributed by atoms with Gasteiger partial charge in [0.05, 0.1) is 18.9 Å². The lowest BCUT2D eigenvalue weighted by Gasteiger charge is -2.19. The number of ether oxygens (including phenoxy) is 2. The molecule has 9 nitrogen and oxygen atoms in total. The van der Waals surface area contributed by atoms with Crippen LogP contribution in [0.2, 0.25) is 0 Å². The normalized spacial score (nSPS) is 14.7. The highest BCUT2D eigenvalue weighted by Crippen LogP contribution is 2.42. The Morgan fingerprint density at radius 3 is 2.53 bits per heavy atom. The van der Waals surface area contributed by atoms with Crippen LogP contribution in [0.15, 0.2) is 35.0 Å². The van der Waals surface area contributed by atoms with Gasteiger partial charge in [-0.15, -0.1) is 0 Å². The smallest absolute Gasteiger partial charge is 0.412 e. The lowest BCUT2D eigenvalue weighted by Crippen LogP contribution is -2.27. The summed E-state index contributed by atoms with van der Waals surface area (Å²) in [6, 6.07) is 7.19. The van der Waals surface area contributed by atoms with Gasteiger partial charge in [0, 0.05) is 17.4 Å². The number of aromatic nitrogens is 1. The van der Waals surface area contributed by atoms with Crippen molar-refractivity contribution >= 4 is 19.4 Å². The van der Waals surface area contributed by atoms with E-state index in [4.69, 9.17) is 18.5 Å². The predicted molar refractivity (Wildman–Crippen MR) is 111 cm³/mol. The average Bonchev–Trinajstić information content (AvgIpc) is 3.13. The number of nitrogens with one attached hydrogen (secondary N) is 1. The van der Waals surface area contributed by atoms with E-state index in [1.165, 1.54) is 6.20 Å². The SMILES string of the molecule is CCP(=O)(O)OCc1oncc1C(C)OCc1ccc(NC(=O)OC(C)(C)C)cc1. The van der Waals surface area contributed by atoms with Crippen molar-refractivity contribution in [2.75, 3.05) is 11.5 Å². The van der Waals surface area contributed by atoms with E-state index in [-0.39, 0.29) is 18.9 Å². The summed E-state index contributed by atoms with van der Waals surface area (Å²) in [5.74, 6) is 0.349. The first-order chi connectivity index (χ1) is 14.0. The second-order valence-corrected chi connectivity index (χ2v) is 9.87. The summed E-state index contributed by atoms with van der Waals surface area (Å²) in [7, 11) is -3.62. The molecule has 1 heterocycles. The van der Waals surface area contributed by atoms with E-state index in [9.17, 15) is 14.3 Å². The van der Waals surface area contributed by atoms with Crippen molar-refractivity contribution < 1.29 is 32.8 Å². The fraction of sp³-hybridized carbons (Fsp3) is 0.500. The molecule has 0 aliphatic rings. The van der Waals surface area contributed by atoms with Gasteiger partial charge in [-0.25, -0.2) is 4.79 Å². The molecule has 0 bridgehead atoms. The number of carbonyl (C=O) groups excluding carboxylic acids is 1. The average molecular weight is 440 g/mol. The van der Waals surface area contributed by atoms with Crippen molar-refractivity contribution in [1.29, 1.82) is 0 Å². The zero-order chi connectivity index (χ0) is 22.4. The first-order valence-electron chi connectivity index (χ1n) is 9.59. The Balaban J connectivity index is 1.88. The molecule has 0 fully saturated rings. The Bertz CT molecular complexity index is 874. The first-order valence-corrected chi connectivity index (χ1v) is 11.4. The minimum atomic E-state index is -3.62. The molecule has 1 amide bonds. The standard InChI is InChI=1S/C20H29N2O7P/c1-6-30(24,25)27-13-18-17(11-21-29-18)14(2)26-12-15-7-9-16(10-8-15)22-19(23)28-20(3,4)5/h7-11,14H,6,12-13H2,1-5H3,(H,22,23)(H,24,25). The van der Waals surface area contributed by atoms with Gasteiger partial charge in [0.2, 0.25) is 0 Å². The monoisotopic (exact) mass is 440 g/mol. The number of carbonyl (C=O) groups is 1. The van der Waals surface area contributed by atoms with E-state index in [0.29, 0.717) is 23.6 Å². The van der Waals surface area contributed by atoms with E-state index < -0.39 is 19.3 Å². The molecule has 0 radical (unpaired) electrons. The van der Waals surface area contributed by atoms with Crippen molar-refractivity contribution in [3.8, 4) is 0 Å². The first kappa shape index (κ1) is 24.1. The van der Waals surface area contributed by atoms with Gasteiger partial charge in [-0.2, -0.15) is 0 Å². The van der Waals surface area contributed by atoms with Crippen LogP contribution in [0.3, 0.4) is 0 Å². The Kier molecular flexibility index (Phi) is 8.20. The van der Waals surface area contributed by atoms with Gasteiger partial charge in [0.15, 0.2) is 5.76 Å². The molecule has 1 aromatic heterocycles. The van der Waals surface area contributed by atoms with Crippen LogP contribution in [0.5, 0.6) is 0 Å². The Morgan fingerprint density at radius 1 is 1.27 bits per heavy atom. The van der Waals surface area contributed by atoms with Crippen LogP contribution in [0.1, 0.15) is 57.6 Å². The second kappa shape index (κ2) is 10.2. The lowest BCUT2D eigenvalue weighted by molar-refractivity contribution is 0.0502. The Hall–Kier alpha value is -2.19. The van der Waals surface area contributed by atoms with Gasteiger partial charge in [-0.1, -0.05) is 24.2 Å². The number of nitrogens with zero attached hydrogens (tertiary/aromatic N) is 1. The second-order valence-electron chi connectivity index (χ2n) is 7.71. The summed E-state index contributed by atoms with van der Waals surface area (Å²) in [5.41, 5.74) is 1.60. The van der Waals surface area contributed by atoms with Gasteiger partial charge in [0.1, 0.15) is 12.2 Å². The fourth-order valence-corrected chi connectivity index (χ4v) is 2.88. The zero-order valence-electron chi connectivity index (χ0n) is 17.9. The fourth-order valence-electron chi connectivity index (χ4n) is 2.38. The molecule has 2 unspecified atom stereocenters. The largest absolute Gasteiger partial charge is 0.444 e. The van der Waals surface area contributed by atoms with Gasteiger partial charge in [0.25, 0.3) is 0 Å². The molecular weight excluding hydrogens is 411 g/mol. The molecular formula is C20H29N2O7P. The van der Waals surface area contributed by atoms with Crippen molar-refractivity contribution in [2.24, 2.45) is 0 Å². The maximum atomic E-state index is 11.8. The van der Waals surface area contributed by atoms with E-state index in [1.54, 1.807) is 39.8 Å². The minimum absolute atomic E-state index is 0.0152. The number of amides is 1. The van der Waals surface area contributed by atoms with Gasteiger partial charge >= 0.3 is 13.7 Å². The van der Waals surface area contributed by atoms with Crippen LogP contribution in [-0.4, -0.2) is 27.9 Å². The summed E-state index contributed by atoms with van der Waals surface area (Å²) in [5, 5.41) is 6.40. The zero-order valence-corrected chi connectivity index (χ0v) is 18.8. The number of hydrogen-bond acceptors (Lipinski definition) is 7. The predicted octanol–water partition coefficient (Wildman–Crippen LogP) is 5.02. The highest BCUT2D eigenvalue weighted by atomic mass is 31.2. The van der Waals surface area contributed by atoms with Crippen LogP contribution < -0.4 is 5.32 Å². The molecule has 2 aromatic rings. The van der Waals surface area contributed by atoms with E-state index in [2.05, 4.69) is 10.5 Å². The Labute approximate surface area is 176 Å². The topological polar surface area (TPSA) is 120 Å². The highest BCUT2D eigenvalue weighted by molar-refractivity contribution is 7.52. The molecule has 0 aliphatic carbocycles. The summed E-state index contributed by atoms with van der Waals surface area (Å²) in [6.07, 6.45) is 0.638. The molecule has 2 atom stereocenters. The molecule has 0 aliphatic heterocycles. The van der Waals surface area contributed by atoms with Crippen LogP contribution in [0.25, 0.3) is 0 Å². The summed E-state index contributed by atoms with van der Waals surface area (Å²) in [4.78, 5) is 21.4. The maximum absolute atomic E-state index is 11.8. The van der Waals surface area contributed by atoms with Crippen LogP contribution in [-0.2, 0) is 31.8 Å². The number of benzene rings is 1. The number of hydrogen-bond donors (Lipinski definition) is 2. The quantitative estimate of drug-likeness (QED) is 0.522. The van der Waals surface area contributed by atoms with Crippen molar-refractivity contribution in [3.05, 3.63) is 47.3 Å². The number of rotatable bonds is 9. The Morgan fingerprint density at radius 2 is 1.93 bits per heavy atom. The van der Waals surface area contributed by atoms with Crippen molar-refractivity contribution in [1.82, 2.24) is 5.16 Å². The third-order valence-electron chi connectivity index (χ3n) is 4.01. The molecule has 0 saturated carbocycles. The van der Waals surface area contributed by atoms with Gasteiger partial charge in [-0.3, -0.25) is 9.88 Å². The van der Waals surface area contributed by atoms with Gasteiger partial charge in [-0.05, 0) is 45.4 Å². The maximum Gasteiger partial charge on any atom is 0.412 e. The van der Waals surface area contributed by atoms with Crippen molar-refractivity contribution in [2.45, 2.75) is 59.5 Å². The minimum Gasteiger partial charge on any atom is -0.444 e. The van der Waals surface area contributed by atoms with Crippen LogP contribution >= 0.6 is 7.60 Å². The molecule has 166 valence electrons. The molecule has 0 spiro atoms. The van der Waals surface area contributed by atoms with E-state index in [1.807, 2.05) is 19.1 Å². The van der Waals surface area contributed by atoms with Crippen LogP contribution in [0.4, 0.5) is 10.5 Å². The molecule has 30 heavy (non-hydrogen) atoms. The third kappa shape index (κ3) is 7.91. The summed E-state index contributed by atoms with van der Waals surface area (Å²) >= 11 is 0. The highest BCUT2D eigenvalue weighted by Gasteiger charge is 2.21. The van der Waals surface area contributed by atoms with E-state index in [0.717, 1.165) is 5.56 Å². The summed E-state index contributed by atoms with van der Waals surface area (Å²) in [6.45, 7) is 8.95. The van der Waals surface area contributed by atoms with Gasteiger partial charge < -0.3 is 23.4 Å². The molecule has 1 aromatic carbocycles. The van der Waals surface area contributed by atoms with Crippen LogP contribution in [0, 0.1) is 0 Å². The molecule has 2 rings (SSSR count). The van der Waals surface area contributed by atoms with Crippen molar-refractivity contribution in [3.63, 3.8) is 0 Å². The lowest BCUT2D eigenvalue weighted by atomic mass is 10.1.